The number of pyridine rings is 1. The van der Waals surface area contributed by atoms with Crippen LogP contribution in [-0.2, 0) is 19.0 Å². The molecule has 4 aromatic rings. The highest BCUT2D eigenvalue weighted by Gasteiger charge is 2.58. The van der Waals surface area contributed by atoms with E-state index in [2.05, 4.69) is 27.7 Å². The molecular weight excluding hydrogens is 493 g/mol. The number of hydrogen-bond acceptors (Lipinski definition) is 6. The third kappa shape index (κ3) is 3.28. The Hall–Kier alpha value is -3.72. The van der Waals surface area contributed by atoms with E-state index in [4.69, 9.17) is 20.7 Å². The summed E-state index contributed by atoms with van der Waals surface area (Å²) in [4.78, 5) is 7.17. The van der Waals surface area contributed by atoms with Crippen LogP contribution in [0.25, 0.3) is 22.5 Å². The lowest BCUT2D eigenvalue weighted by molar-refractivity contribution is 0.0523. The molecule has 0 amide bonds. The van der Waals surface area contributed by atoms with Crippen molar-refractivity contribution < 1.29 is 9.13 Å². The van der Waals surface area contributed by atoms with Crippen LogP contribution in [0.4, 0.5) is 10.2 Å². The minimum atomic E-state index is -0.468. The molecule has 1 aromatic carbocycles. The number of hydrogen-bond donors (Lipinski definition) is 1. The lowest BCUT2D eigenvalue weighted by atomic mass is 9.75. The number of likely N-dealkylation sites (tertiary alicyclic amines) is 1. The van der Waals surface area contributed by atoms with E-state index >= 15 is 0 Å². The number of aryl methyl sites for hydroxylation is 2. The molecule has 200 valence electrons. The molecule has 2 N–H and O–H groups in total. The Morgan fingerprint density at radius 1 is 1.15 bits per heavy atom. The number of halogens is 1. The summed E-state index contributed by atoms with van der Waals surface area (Å²) in [6.45, 7) is 6.90. The summed E-state index contributed by atoms with van der Waals surface area (Å²) in [5, 5.41) is 10.3. The van der Waals surface area contributed by atoms with Crippen molar-refractivity contribution in [2.75, 3.05) is 18.8 Å². The molecule has 0 radical (unpaired) electrons. The van der Waals surface area contributed by atoms with Crippen molar-refractivity contribution in [2.24, 2.45) is 7.05 Å². The van der Waals surface area contributed by atoms with Crippen LogP contribution in [0.1, 0.15) is 67.5 Å². The number of rotatable bonds is 2. The van der Waals surface area contributed by atoms with Crippen molar-refractivity contribution in [3.8, 4) is 28.3 Å². The molecule has 2 atom stereocenters. The Bertz CT molecular complexity index is 1650. The number of aromatic nitrogens is 5. The van der Waals surface area contributed by atoms with Crippen molar-refractivity contribution in [3.63, 3.8) is 0 Å². The largest absolute Gasteiger partial charge is 0.482 e. The van der Waals surface area contributed by atoms with E-state index in [-0.39, 0.29) is 17.2 Å². The van der Waals surface area contributed by atoms with Crippen molar-refractivity contribution >= 4 is 5.82 Å². The zero-order valence-corrected chi connectivity index (χ0v) is 22.5. The van der Waals surface area contributed by atoms with Gasteiger partial charge in [-0.3, -0.25) is 14.3 Å². The summed E-state index contributed by atoms with van der Waals surface area (Å²) in [6.07, 6.45) is 7.10. The van der Waals surface area contributed by atoms with Crippen molar-refractivity contribution in [3.05, 3.63) is 64.9 Å². The number of nitrogens with zero attached hydrogens (tertiary/aromatic N) is 6. The maximum Gasteiger partial charge on any atom is 0.166 e. The van der Waals surface area contributed by atoms with Gasteiger partial charge in [0.1, 0.15) is 11.9 Å². The average Bonchev–Trinajstić information content (AvgIpc) is 3.42. The first-order valence-electron chi connectivity index (χ1n) is 14.0. The second-order valence-corrected chi connectivity index (χ2v) is 11.8. The quantitative estimate of drug-likeness (QED) is 0.405. The van der Waals surface area contributed by atoms with Gasteiger partial charge in [-0.05, 0) is 57.4 Å². The normalized spacial score (nSPS) is 22.8. The first kappa shape index (κ1) is 23.2. The van der Waals surface area contributed by atoms with E-state index < -0.39 is 6.10 Å². The van der Waals surface area contributed by atoms with E-state index in [0.717, 1.165) is 65.7 Å². The lowest BCUT2D eigenvalue weighted by Crippen LogP contribution is -2.59. The van der Waals surface area contributed by atoms with Gasteiger partial charge >= 0.3 is 0 Å². The number of nitrogen functional groups attached to an aromatic ring is 1. The van der Waals surface area contributed by atoms with Gasteiger partial charge in [0.05, 0.1) is 17.1 Å². The topological polar surface area (TPSA) is 87.0 Å². The highest BCUT2D eigenvalue weighted by Crippen LogP contribution is 2.58. The fourth-order valence-electron chi connectivity index (χ4n) is 7.28. The Labute approximate surface area is 226 Å². The van der Waals surface area contributed by atoms with Crippen molar-refractivity contribution in [1.29, 1.82) is 0 Å². The molecule has 9 heteroatoms. The molecule has 0 unspecified atom stereocenters. The standard InChI is InChI=1S/C30H32FN7O/c1-4-38-27-17-9-24(29(32)33-12-17)39-16(2)21-10-18(31)5-8-20(21)26-23(13-36(3)34-26)22-11-30(28(35-38)25(22)27)14-37(15-30)19-6-7-19/h5,8-10,12-13,16,19,22H,4,6-7,11,14-15H2,1-3H3,(H2,32,33)/t16-,22-/m1/s1. The molecule has 4 aliphatic rings. The molecule has 1 spiro atoms. The second-order valence-electron chi connectivity index (χ2n) is 11.8. The second kappa shape index (κ2) is 7.91. The number of ether oxygens (including phenoxy) is 1. The highest BCUT2D eigenvalue weighted by atomic mass is 19.1. The van der Waals surface area contributed by atoms with Gasteiger partial charge in [-0.15, -0.1) is 0 Å². The smallest absolute Gasteiger partial charge is 0.166 e. The van der Waals surface area contributed by atoms with Crippen LogP contribution in [-0.4, -0.2) is 48.6 Å². The van der Waals surface area contributed by atoms with Gasteiger partial charge in [-0.1, -0.05) is 0 Å². The van der Waals surface area contributed by atoms with Crippen LogP contribution < -0.4 is 10.5 Å². The molecule has 2 aliphatic heterocycles. The summed E-state index contributed by atoms with van der Waals surface area (Å²) in [6, 6.07) is 7.61. The predicted octanol–water partition coefficient (Wildman–Crippen LogP) is 4.79. The van der Waals surface area contributed by atoms with Gasteiger partial charge in [0.2, 0.25) is 0 Å². The molecule has 1 saturated heterocycles. The maximum atomic E-state index is 14.6. The van der Waals surface area contributed by atoms with Crippen LogP contribution in [0.5, 0.6) is 5.75 Å². The van der Waals surface area contributed by atoms with Crippen LogP contribution >= 0.6 is 0 Å². The van der Waals surface area contributed by atoms with Gasteiger partial charge in [0, 0.05) is 84.3 Å². The van der Waals surface area contributed by atoms with E-state index in [1.807, 2.05) is 37.0 Å². The monoisotopic (exact) mass is 525 g/mol. The zero-order chi connectivity index (χ0) is 26.6. The van der Waals surface area contributed by atoms with Crippen LogP contribution in [0.3, 0.4) is 0 Å². The van der Waals surface area contributed by atoms with E-state index in [1.165, 1.54) is 30.2 Å². The van der Waals surface area contributed by atoms with Crippen LogP contribution in [0.15, 0.2) is 36.7 Å². The average molecular weight is 526 g/mol. The first-order valence-corrected chi connectivity index (χ1v) is 14.0. The summed E-state index contributed by atoms with van der Waals surface area (Å²) in [5.41, 5.74) is 14.5. The van der Waals surface area contributed by atoms with Gasteiger partial charge in [0.15, 0.2) is 11.6 Å². The van der Waals surface area contributed by atoms with Crippen molar-refractivity contribution in [2.45, 2.75) is 63.1 Å². The molecule has 39 heavy (non-hydrogen) atoms. The number of benzene rings is 1. The molecule has 5 heterocycles. The maximum absolute atomic E-state index is 14.6. The summed E-state index contributed by atoms with van der Waals surface area (Å²) < 4.78 is 25.0. The van der Waals surface area contributed by atoms with Gasteiger partial charge in [-0.25, -0.2) is 9.37 Å². The predicted molar refractivity (Wildman–Crippen MR) is 146 cm³/mol. The Morgan fingerprint density at radius 2 is 1.97 bits per heavy atom. The fraction of sp³-hybridized carbons (Fsp3) is 0.433. The Balaban J connectivity index is 1.42. The van der Waals surface area contributed by atoms with Crippen molar-refractivity contribution in [1.82, 2.24) is 29.4 Å². The minimum Gasteiger partial charge on any atom is -0.482 e. The third-order valence-electron chi connectivity index (χ3n) is 9.21. The third-order valence-corrected chi connectivity index (χ3v) is 9.21. The SMILES string of the molecule is CCn1nc2c3c1-c1cnc(N)c(c1)O[C@H](C)c1cc(F)ccc1-c1nn(C)cc1[C@H]3CC21CN(C2CC2)C1. The number of nitrogens with two attached hydrogens (primary N) is 1. The Morgan fingerprint density at radius 3 is 2.74 bits per heavy atom. The van der Waals surface area contributed by atoms with Gasteiger partial charge < -0.3 is 10.5 Å². The molecule has 8 rings (SSSR count). The molecular formula is C30H32FN7O. The first-order chi connectivity index (χ1) is 18.8. The number of anilines is 1. The Kier molecular flexibility index (Phi) is 4.70. The van der Waals surface area contributed by atoms with E-state index in [9.17, 15) is 4.39 Å². The van der Waals surface area contributed by atoms with Gasteiger partial charge in [0.25, 0.3) is 0 Å². The molecule has 2 aliphatic carbocycles. The molecule has 2 bridgehead atoms. The summed E-state index contributed by atoms with van der Waals surface area (Å²) >= 11 is 0. The number of fused-ring (bicyclic) bond motifs is 8. The molecule has 1 saturated carbocycles. The van der Waals surface area contributed by atoms with Gasteiger partial charge in [-0.2, -0.15) is 10.2 Å². The zero-order valence-electron chi connectivity index (χ0n) is 22.5. The summed E-state index contributed by atoms with van der Waals surface area (Å²) in [5.74, 6) is 0.597. The van der Waals surface area contributed by atoms with Crippen LogP contribution in [0.2, 0.25) is 0 Å². The lowest BCUT2D eigenvalue weighted by Gasteiger charge is -2.48. The molecule has 2 fully saturated rings. The molecule has 3 aromatic heterocycles. The highest BCUT2D eigenvalue weighted by molar-refractivity contribution is 5.75. The minimum absolute atomic E-state index is 0.0184. The van der Waals surface area contributed by atoms with E-state index in [1.54, 1.807) is 6.07 Å². The summed E-state index contributed by atoms with van der Waals surface area (Å²) in [7, 11) is 1.96. The van der Waals surface area contributed by atoms with E-state index in [0.29, 0.717) is 11.6 Å². The molecule has 8 nitrogen and oxygen atoms in total. The van der Waals surface area contributed by atoms with Crippen LogP contribution in [0, 0.1) is 5.82 Å². The fourth-order valence-corrected chi connectivity index (χ4v) is 7.28.